The summed E-state index contributed by atoms with van der Waals surface area (Å²) in [5.74, 6) is 0.441. The molecule has 0 radical (unpaired) electrons. The Labute approximate surface area is 118 Å². The van der Waals surface area contributed by atoms with E-state index in [2.05, 4.69) is 10.3 Å². The molecule has 2 rings (SSSR count). The molecule has 106 valence electrons. The number of hydrogen-bond acceptors (Lipinski definition) is 5. The maximum absolute atomic E-state index is 10.4. The lowest BCUT2D eigenvalue weighted by atomic mass is 10.0. The van der Waals surface area contributed by atoms with Gasteiger partial charge in [-0.2, -0.15) is 0 Å². The van der Waals surface area contributed by atoms with Crippen LogP contribution in [0.1, 0.15) is 25.7 Å². The van der Waals surface area contributed by atoms with Crippen molar-refractivity contribution in [2.45, 2.75) is 31.7 Å². The molecule has 19 heavy (non-hydrogen) atoms. The highest BCUT2D eigenvalue weighted by Crippen LogP contribution is 2.15. The highest BCUT2D eigenvalue weighted by molar-refractivity contribution is 5.85. The van der Waals surface area contributed by atoms with Crippen LogP contribution in [0.25, 0.3) is 0 Å². The van der Waals surface area contributed by atoms with Crippen LogP contribution in [0.2, 0.25) is 0 Å². The van der Waals surface area contributed by atoms with Crippen molar-refractivity contribution in [3.05, 3.63) is 28.4 Å². The van der Waals surface area contributed by atoms with Crippen LogP contribution in [-0.2, 0) is 0 Å². The summed E-state index contributed by atoms with van der Waals surface area (Å²) < 4.78 is 5.47. The molecule has 1 N–H and O–H groups in total. The van der Waals surface area contributed by atoms with Gasteiger partial charge in [-0.25, -0.2) is 4.98 Å². The predicted octanol–water partition coefficient (Wildman–Crippen LogP) is 2.32. The van der Waals surface area contributed by atoms with Crippen LogP contribution in [0.15, 0.2) is 18.3 Å². The first-order chi connectivity index (χ1) is 8.75. The maximum Gasteiger partial charge on any atom is 0.287 e. The lowest BCUT2D eigenvalue weighted by Gasteiger charge is -2.23. The number of aromatic nitrogens is 1. The Hall–Kier alpha value is -1.40. The monoisotopic (exact) mass is 287 g/mol. The lowest BCUT2D eigenvalue weighted by Crippen LogP contribution is -2.35. The SMILES string of the molecule is Cl.O=[N+]([O-])c1ccc(OCCC2CCCCN2)nc1. The third-order valence-electron chi connectivity index (χ3n) is 3.06. The van der Waals surface area contributed by atoms with E-state index in [1.165, 1.54) is 37.6 Å². The van der Waals surface area contributed by atoms with Gasteiger partial charge >= 0.3 is 0 Å². The molecule has 1 aromatic heterocycles. The van der Waals surface area contributed by atoms with E-state index in [0.29, 0.717) is 18.5 Å². The Bertz CT molecular complexity index is 394. The van der Waals surface area contributed by atoms with Gasteiger partial charge in [-0.05, 0) is 25.8 Å². The number of hydrogen-bond donors (Lipinski definition) is 1. The molecule has 0 amide bonds. The number of nitrogens with one attached hydrogen (secondary N) is 1. The molecule has 1 aliphatic heterocycles. The zero-order valence-corrected chi connectivity index (χ0v) is 11.4. The summed E-state index contributed by atoms with van der Waals surface area (Å²) in [5, 5.41) is 13.9. The quantitative estimate of drug-likeness (QED) is 0.664. The molecular weight excluding hydrogens is 270 g/mol. The molecular formula is C12H18ClN3O3. The number of nitro groups is 1. The van der Waals surface area contributed by atoms with E-state index in [1.807, 2.05) is 0 Å². The van der Waals surface area contributed by atoms with Crippen molar-refractivity contribution >= 4 is 18.1 Å². The summed E-state index contributed by atoms with van der Waals surface area (Å²) in [7, 11) is 0. The molecule has 1 saturated heterocycles. The second-order valence-corrected chi connectivity index (χ2v) is 4.40. The van der Waals surface area contributed by atoms with E-state index in [-0.39, 0.29) is 18.1 Å². The van der Waals surface area contributed by atoms with Gasteiger partial charge in [-0.15, -0.1) is 12.4 Å². The Morgan fingerprint density at radius 3 is 2.89 bits per heavy atom. The molecule has 1 unspecified atom stereocenters. The van der Waals surface area contributed by atoms with Crippen molar-refractivity contribution in [3.63, 3.8) is 0 Å². The van der Waals surface area contributed by atoms with Gasteiger partial charge in [-0.3, -0.25) is 10.1 Å². The van der Waals surface area contributed by atoms with Gasteiger partial charge in [0.25, 0.3) is 5.69 Å². The van der Waals surface area contributed by atoms with Crippen molar-refractivity contribution < 1.29 is 9.66 Å². The minimum absolute atomic E-state index is 0. The van der Waals surface area contributed by atoms with E-state index < -0.39 is 4.92 Å². The van der Waals surface area contributed by atoms with E-state index in [0.717, 1.165) is 13.0 Å². The van der Waals surface area contributed by atoms with E-state index in [4.69, 9.17) is 4.74 Å². The molecule has 6 nitrogen and oxygen atoms in total. The molecule has 0 spiro atoms. The van der Waals surface area contributed by atoms with Gasteiger partial charge in [0.05, 0.1) is 11.5 Å². The van der Waals surface area contributed by atoms with Crippen molar-refractivity contribution in [1.82, 2.24) is 10.3 Å². The van der Waals surface area contributed by atoms with Crippen LogP contribution in [0.4, 0.5) is 5.69 Å². The van der Waals surface area contributed by atoms with Crippen molar-refractivity contribution in [1.29, 1.82) is 0 Å². The first-order valence-electron chi connectivity index (χ1n) is 6.22. The van der Waals surface area contributed by atoms with E-state index in [9.17, 15) is 10.1 Å². The van der Waals surface area contributed by atoms with E-state index in [1.54, 1.807) is 0 Å². The second kappa shape index (κ2) is 7.91. The highest BCUT2D eigenvalue weighted by Gasteiger charge is 2.12. The standard InChI is InChI=1S/C12H17N3O3.ClH/c16-15(17)11-4-5-12(14-9-11)18-8-6-10-3-1-2-7-13-10;/h4-5,9-10,13H,1-3,6-8H2;1H. The van der Waals surface area contributed by atoms with Crippen LogP contribution in [-0.4, -0.2) is 29.1 Å². The summed E-state index contributed by atoms with van der Waals surface area (Å²) in [6.07, 6.45) is 5.87. The minimum Gasteiger partial charge on any atom is -0.478 e. The van der Waals surface area contributed by atoms with Crippen molar-refractivity contribution in [3.8, 4) is 5.88 Å². The van der Waals surface area contributed by atoms with Gasteiger partial charge in [0, 0.05) is 18.2 Å². The number of nitrogens with zero attached hydrogens (tertiary/aromatic N) is 2. The maximum atomic E-state index is 10.4. The Morgan fingerprint density at radius 2 is 2.32 bits per heavy atom. The number of pyridine rings is 1. The summed E-state index contributed by atoms with van der Waals surface area (Å²) in [6.45, 7) is 1.67. The molecule has 1 atom stereocenters. The molecule has 1 aliphatic rings. The fraction of sp³-hybridized carbons (Fsp3) is 0.583. The third-order valence-corrected chi connectivity index (χ3v) is 3.06. The molecule has 0 aliphatic carbocycles. The Kier molecular flexibility index (Phi) is 6.52. The summed E-state index contributed by atoms with van der Waals surface area (Å²) >= 11 is 0. The van der Waals surface area contributed by atoms with Crippen LogP contribution < -0.4 is 10.1 Å². The minimum atomic E-state index is -0.470. The number of piperidine rings is 1. The largest absolute Gasteiger partial charge is 0.478 e. The summed E-state index contributed by atoms with van der Waals surface area (Å²) in [5.41, 5.74) is -0.0173. The van der Waals surface area contributed by atoms with Gasteiger partial charge in [-0.1, -0.05) is 6.42 Å². The topological polar surface area (TPSA) is 77.3 Å². The average molecular weight is 288 g/mol. The first-order valence-corrected chi connectivity index (χ1v) is 6.22. The smallest absolute Gasteiger partial charge is 0.287 e. The Balaban J connectivity index is 0.00000180. The predicted molar refractivity (Wildman–Crippen MR) is 73.9 cm³/mol. The molecule has 0 bridgehead atoms. The number of rotatable bonds is 5. The van der Waals surface area contributed by atoms with E-state index >= 15 is 0 Å². The van der Waals surface area contributed by atoms with Crippen LogP contribution in [0, 0.1) is 10.1 Å². The van der Waals surface area contributed by atoms with Gasteiger partial charge < -0.3 is 10.1 Å². The Morgan fingerprint density at radius 1 is 1.47 bits per heavy atom. The van der Waals surface area contributed by atoms with Gasteiger partial charge in [0.1, 0.15) is 6.20 Å². The van der Waals surface area contributed by atoms with Gasteiger partial charge in [0.2, 0.25) is 5.88 Å². The van der Waals surface area contributed by atoms with Crippen LogP contribution in [0.3, 0.4) is 0 Å². The van der Waals surface area contributed by atoms with Crippen LogP contribution in [0.5, 0.6) is 5.88 Å². The first kappa shape index (κ1) is 15.7. The third kappa shape index (κ3) is 5.00. The molecule has 0 aromatic carbocycles. The summed E-state index contributed by atoms with van der Waals surface area (Å²) in [4.78, 5) is 13.9. The van der Waals surface area contributed by atoms with Crippen LogP contribution >= 0.6 is 12.4 Å². The number of ether oxygens (including phenoxy) is 1. The fourth-order valence-corrected chi connectivity index (χ4v) is 2.04. The molecule has 7 heteroatoms. The highest BCUT2D eigenvalue weighted by atomic mass is 35.5. The second-order valence-electron chi connectivity index (χ2n) is 4.40. The zero-order chi connectivity index (χ0) is 12.8. The molecule has 0 saturated carbocycles. The van der Waals surface area contributed by atoms with Crippen molar-refractivity contribution in [2.75, 3.05) is 13.2 Å². The normalized spacial score (nSPS) is 18.4. The average Bonchev–Trinajstić information content (AvgIpc) is 2.40. The van der Waals surface area contributed by atoms with Gasteiger partial charge in [0.15, 0.2) is 0 Å². The number of halogens is 1. The van der Waals surface area contributed by atoms with Crippen molar-refractivity contribution in [2.24, 2.45) is 0 Å². The molecule has 1 aromatic rings. The summed E-state index contributed by atoms with van der Waals surface area (Å²) in [6, 6.07) is 3.46. The zero-order valence-electron chi connectivity index (χ0n) is 10.6. The molecule has 1 fully saturated rings. The molecule has 2 heterocycles. The fourth-order valence-electron chi connectivity index (χ4n) is 2.04. The lowest BCUT2D eigenvalue weighted by molar-refractivity contribution is -0.385.